The van der Waals surface area contributed by atoms with Crippen LogP contribution in [0.2, 0.25) is 0 Å². The van der Waals surface area contributed by atoms with Gasteiger partial charge in [0.2, 0.25) is 0 Å². The number of quaternary nitrogens is 1. The van der Waals surface area contributed by atoms with E-state index in [0.717, 1.165) is 50.4 Å². The molecule has 0 saturated carbocycles. The highest BCUT2D eigenvalue weighted by Crippen LogP contribution is 2.12. The Morgan fingerprint density at radius 3 is 2.48 bits per heavy atom. The molecule has 1 aliphatic rings. The fraction of sp³-hybridized carbons (Fsp3) is 0.350. The Morgan fingerprint density at radius 2 is 1.80 bits per heavy atom. The van der Waals surface area contributed by atoms with E-state index in [9.17, 15) is 4.79 Å². The number of halogens is 1. The predicted molar refractivity (Wildman–Crippen MR) is 97.7 cm³/mol. The zero-order valence-corrected chi connectivity index (χ0v) is 15.4. The number of nitrogens with zero attached hydrogens (tertiary/aromatic N) is 1. The molecule has 0 aromatic heterocycles. The third kappa shape index (κ3) is 5.48. The Morgan fingerprint density at radius 1 is 1.08 bits per heavy atom. The van der Waals surface area contributed by atoms with Gasteiger partial charge in [-0.2, -0.15) is 0 Å². The minimum absolute atomic E-state index is 0. The number of nitrogens with one attached hydrogen (secondary N) is 2. The van der Waals surface area contributed by atoms with Gasteiger partial charge in [0.1, 0.15) is 0 Å². The van der Waals surface area contributed by atoms with E-state index in [2.05, 4.69) is 40.5 Å². The smallest absolute Gasteiger partial charge is 0.251 e. The van der Waals surface area contributed by atoms with E-state index in [4.69, 9.17) is 0 Å². The number of piperazine rings is 1. The number of aryl methyl sites for hydroxylation is 1. The molecule has 2 N–H and O–H groups in total. The van der Waals surface area contributed by atoms with Crippen LogP contribution >= 0.6 is 0 Å². The molecule has 0 radical (unpaired) electrons. The summed E-state index contributed by atoms with van der Waals surface area (Å²) in [6.07, 6.45) is 0. The van der Waals surface area contributed by atoms with Gasteiger partial charge >= 0.3 is 0 Å². The normalized spacial score (nSPS) is 14.7. The maximum atomic E-state index is 12.1. The molecule has 1 fully saturated rings. The lowest BCUT2D eigenvalue weighted by Crippen LogP contribution is -3.15. The number of carbonyl (C=O) groups excluding carboxylic acids is 1. The SMILES string of the molecule is Cc1cccc(C(=O)NCC[NH+]2CCN(c3ccccc3)CC2)c1.[Cl-]. The quantitative estimate of drug-likeness (QED) is 0.656. The van der Waals surface area contributed by atoms with Crippen molar-refractivity contribution in [2.24, 2.45) is 0 Å². The maximum absolute atomic E-state index is 12.1. The van der Waals surface area contributed by atoms with Crippen molar-refractivity contribution in [1.29, 1.82) is 0 Å². The molecule has 0 spiro atoms. The van der Waals surface area contributed by atoms with Crippen molar-refractivity contribution in [2.45, 2.75) is 6.92 Å². The molecule has 0 unspecified atom stereocenters. The largest absolute Gasteiger partial charge is 1.00 e. The van der Waals surface area contributed by atoms with Gasteiger partial charge in [-0.3, -0.25) is 4.79 Å². The van der Waals surface area contributed by atoms with Crippen LogP contribution in [0.5, 0.6) is 0 Å². The van der Waals surface area contributed by atoms with Crippen LogP contribution in [0, 0.1) is 6.92 Å². The molecule has 134 valence electrons. The third-order valence-corrected chi connectivity index (χ3v) is 4.64. The van der Waals surface area contributed by atoms with Gasteiger partial charge in [-0.25, -0.2) is 0 Å². The summed E-state index contributed by atoms with van der Waals surface area (Å²) in [7, 11) is 0. The fourth-order valence-corrected chi connectivity index (χ4v) is 3.21. The molecule has 2 aromatic carbocycles. The molecule has 2 aromatic rings. The number of para-hydroxylation sites is 1. The summed E-state index contributed by atoms with van der Waals surface area (Å²) >= 11 is 0. The lowest BCUT2D eigenvalue weighted by Gasteiger charge is -2.33. The summed E-state index contributed by atoms with van der Waals surface area (Å²) in [5.41, 5.74) is 3.17. The number of benzene rings is 2. The zero-order valence-electron chi connectivity index (χ0n) is 14.7. The Labute approximate surface area is 156 Å². The Bertz CT molecular complexity index is 670. The molecule has 0 bridgehead atoms. The summed E-state index contributed by atoms with van der Waals surface area (Å²) in [5, 5.41) is 3.04. The van der Waals surface area contributed by atoms with E-state index >= 15 is 0 Å². The molecule has 1 amide bonds. The zero-order chi connectivity index (χ0) is 16.8. The molecule has 25 heavy (non-hydrogen) atoms. The van der Waals surface area contributed by atoms with Crippen molar-refractivity contribution in [1.82, 2.24) is 5.32 Å². The minimum atomic E-state index is 0. The second-order valence-electron chi connectivity index (χ2n) is 6.45. The topological polar surface area (TPSA) is 36.8 Å². The summed E-state index contributed by atoms with van der Waals surface area (Å²) in [5.74, 6) is 0.0287. The van der Waals surface area contributed by atoms with Crippen LogP contribution < -0.4 is 27.5 Å². The predicted octanol–water partition coefficient (Wildman–Crippen LogP) is -1.87. The van der Waals surface area contributed by atoms with Crippen LogP contribution in [-0.4, -0.2) is 45.2 Å². The van der Waals surface area contributed by atoms with Gasteiger partial charge in [0.05, 0.1) is 39.3 Å². The summed E-state index contributed by atoms with van der Waals surface area (Å²) in [6, 6.07) is 18.3. The highest BCUT2D eigenvalue weighted by molar-refractivity contribution is 5.94. The van der Waals surface area contributed by atoms with Crippen LogP contribution in [0.1, 0.15) is 15.9 Å². The van der Waals surface area contributed by atoms with Crippen LogP contribution in [0.4, 0.5) is 5.69 Å². The average Bonchev–Trinajstić information content (AvgIpc) is 2.63. The van der Waals surface area contributed by atoms with Crippen LogP contribution in [0.3, 0.4) is 0 Å². The van der Waals surface area contributed by atoms with Gasteiger partial charge in [-0.15, -0.1) is 0 Å². The second kappa shape index (κ2) is 9.44. The molecule has 1 aliphatic heterocycles. The Balaban J connectivity index is 0.00000225. The highest BCUT2D eigenvalue weighted by Gasteiger charge is 2.19. The van der Waals surface area contributed by atoms with Gasteiger partial charge in [0, 0.05) is 11.3 Å². The van der Waals surface area contributed by atoms with Crippen LogP contribution in [-0.2, 0) is 0 Å². The second-order valence-corrected chi connectivity index (χ2v) is 6.45. The molecular weight excluding hydrogens is 334 g/mol. The van der Waals surface area contributed by atoms with Gasteiger partial charge in [0.25, 0.3) is 5.91 Å². The first kappa shape index (κ1) is 19.3. The third-order valence-electron chi connectivity index (χ3n) is 4.64. The Hall–Kier alpha value is -2.04. The maximum Gasteiger partial charge on any atom is 0.251 e. The molecule has 0 aliphatic carbocycles. The van der Waals surface area contributed by atoms with Crippen molar-refractivity contribution in [3.63, 3.8) is 0 Å². The van der Waals surface area contributed by atoms with E-state index < -0.39 is 0 Å². The van der Waals surface area contributed by atoms with E-state index in [1.165, 1.54) is 5.69 Å². The first-order valence-corrected chi connectivity index (χ1v) is 8.71. The van der Waals surface area contributed by atoms with Gasteiger partial charge in [0.15, 0.2) is 0 Å². The molecule has 4 nitrogen and oxygen atoms in total. The summed E-state index contributed by atoms with van der Waals surface area (Å²) in [6.45, 7) is 8.11. The standard InChI is InChI=1S/C20H25N3O.ClH/c1-17-6-5-7-18(16-17)20(24)21-10-11-22-12-14-23(15-13-22)19-8-3-2-4-9-19;/h2-9,16H,10-15H2,1H3,(H,21,24);1H. The van der Waals surface area contributed by atoms with Crippen molar-refractivity contribution >= 4 is 11.6 Å². The first-order valence-electron chi connectivity index (χ1n) is 8.71. The minimum Gasteiger partial charge on any atom is -1.00 e. The lowest BCUT2D eigenvalue weighted by atomic mass is 10.1. The van der Waals surface area contributed by atoms with Gasteiger partial charge in [-0.1, -0.05) is 35.9 Å². The number of amides is 1. The van der Waals surface area contributed by atoms with Gasteiger partial charge < -0.3 is 27.5 Å². The number of hydrogen-bond donors (Lipinski definition) is 2. The van der Waals surface area contributed by atoms with Crippen molar-refractivity contribution in [3.8, 4) is 0 Å². The van der Waals surface area contributed by atoms with E-state index in [0.29, 0.717) is 0 Å². The molecular formula is C20H26ClN3O. The number of rotatable bonds is 5. The number of carbonyl (C=O) groups is 1. The Kier molecular flexibility index (Phi) is 7.29. The fourth-order valence-electron chi connectivity index (χ4n) is 3.21. The summed E-state index contributed by atoms with van der Waals surface area (Å²) < 4.78 is 0. The van der Waals surface area contributed by atoms with Crippen molar-refractivity contribution in [3.05, 3.63) is 65.7 Å². The monoisotopic (exact) mass is 359 g/mol. The number of anilines is 1. The van der Waals surface area contributed by atoms with E-state index in [1.54, 1.807) is 4.90 Å². The molecule has 3 rings (SSSR count). The molecule has 1 heterocycles. The van der Waals surface area contributed by atoms with Crippen molar-refractivity contribution < 1.29 is 22.1 Å². The average molecular weight is 360 g/mol. The lowest BCUT2D eigenvalue weighted by molar-refractivity contribution is -0.899. The van der Waals surface area contributed by atoms with Gasteiger partial charge in [-0.05, 0) is 31.2 Å². The van der Waals surface area contributed by atoms with Crippen LogP contribution in [0.15, 0.2) is 54.6 Å². The van der Waals surface area contributed by atoms with Crippen molar-refractivity contribution in [2.75, 3.05) is 44.2 Å². The number of hydrogen-bond acceptors (Lipinski definition) is 2. The summed E-state index contributed by atoms with van der Waals surface area (Å²) in [4.78, 5) is 16.1. The van der Waals surface area contributed by atoms with E-state index in [1.807, 2.05) is 31.2 Å². The molecule has 5 heteroatoms. The molecule has 1 saturated heterocycles. The highest BCUT2D eigenvalue weighted by atomic mass is 35.5. The molecule has 0 atom stereocenters. The first-order chi connectivity index (χ1) is 11.7. The van der Waals surface area contributed by atoms with Crippen LogP contribution in [0.25, 0.3) is 0 Å². The van der Waals surface area contributed by atoms with E-state index in [-0.39, 0.29) is 18.3 Å².